The molecule has 2 heterocycles. The van der Waals surface area contributed by atoms with Crippen LogP contribution < -0.4 is 10.6 Å². The Labute approximate surface area is 137 Å². The fraction of sp³-hybridized carbons (Fsp3) is 0.588. The summed E-state index contributed by atoms with van der Waals surface area (Å²) in [5.41, 5.74) is 0. The summed E-state index contributed by atoms with van der Waals surface area (Å²) in [6.45, 7) is 0.946. The molecule has 0 spiro atoms. The van der Waals surface area contributed by atoms with Gasteiger partial charge in [-0.3, -0.25) is 4.99 Å². The van der Waals surface area contributed by atoms with Crippen molar-refractivity contribution in [1.82, 2.24) is 10.6 Å². The fourth-order valence-electron chi connectivity index (χ4n) is 3.15. The third-order valence-corrected chi connectivity index (χ3v) is 5.38. The molecule has 5 heteroatoms. The van der Waals surface area contributed by atoms with Gasteiger partial charge in [-0.2, -0.15) is 0 Å². The monoisotopic (exact) mass is 319 g/mol. The number of rotatable bonds is 6. The largest absolute Gasteiger partial charge is 0.373 e. The third-order valence-electron chi connectivity index (χ3n) is 4.28. The van der Waals surface area contributed by atoms with Crippen LogP contribution in [0.4, 0.5) is 0 Å². The van der Waals surface area contributed by atoms with Crippen molar-refractivity contribution in [3.05, 3.63) is 30.3 Å². The summed E-state index contributed by atoms with van der Waals surface area (Å²) in [4.78, 5) is 5.66. The van der Waals surface area contributed by atoms with Gasteiger partial charge in [-0.05, 0) is 43.6 Å². The number of guanidine groups is 1. The molecule has 2 N–H and O–H groups in total. The molecule has 0 aliphatic carbocycles. The zero-order chi connectivity index (χ0) is 15.2. The Morgan fingerprint density at radius 3 is 2.86 bits per heavy atom. The number of nitrogens with one attached hydrogen (secondary N) is 2. The Kier molecular flexibility index (Phi) is 5.62. The number of hydrogen-bond acceptors (Lipinski definition) is 3. The lowest BCUT2D eigenvalue weighted by molar-refractivity contribution is 0.0992. The lowest BCUT2D eigenvalue weighted by Crippen LogP contribution is -2.47. The van der Waals surface area contributed by atoms with Crippen LogP contribution in [0.5, 0.6) is 0 Å². The maximum Gasteiger partial charge on any atom is 0.191 e. The van der Waals surface area contributed by atoms with E-state index in [1.165, 1.54) is 17.7 Å². The number of aliphatic imine (C=N–C) groups is 1. The second-order valence-electron chi connectivity index (χ2n) is 5.87. The summed E-state index contributed by atoms with van der Waals surface area (Å²) < 4.78 is 5.87. The molecule has 1 aromatic rings. The summed E-state index contributed by atoms with van der Waals surface area (Å²) in [7, 11) is 1.84. The number of nitrogens with zero attached hydrogens (tertiary/aromatic N) is 1. The minimum Gasteiger partial charge on any atom is -0.373 e. The molecule has 0 saturated carbocycles. The van der Waals surface area contributed by atoms with E-state index < -0.39 is 0 Å². The highest BCUT2D eigenvalue weighted by Crippen LogP contribution is 2.34. The molecule has 2 fully saturated rings. The van der Waals surface area contributed by atoms with E-state index in [1.54, 1.807) is 0 Å². The van der Waals surface area contributed by atoms with Gasteiger partial charge in [0.25, 0.3) is 0 Å². The molecule has 2 saturated heterocycles. The summed E-state index contributed by atoms with van der Waals surface area (Å²) in [5.74, 6) is 2.02. The van der Waals surface area contributed by atoms with Gasteiger partial charge in [0.15, 0.2) is 5.96 Å². The van der Waals surface area contributed by atoms with E-state index in [0.717, 1.165) is 31.1 Å². The van der Waals surface area contributed by atoms with Gasteiger partial charge >= 0.3 is 0 Å². The number of hydrogen-bond donors (Lipinski definition) is 2. The maximum absolute atomic E-state index is 5.87. The van der Waals surface area contributed by atoms with Crippen LogP contribution >= 0.6 is 11.8 Å². The van der Waals surface area contributed by atoms with Crippen LogP contribution in [0.2, 0.25) is 0 Å². The first-order chi connectivity index (χ1) is 10.8. The van der Waals surface area contributed by atoms with Gasteiger partial charge in [-0.25, -0.2) is 0 Å². The van der Waals surface area contributed by atoms with Crippen LogP contribution in [0.1, 0.15) is 25.7 Å². The van der Waals surface area contributed by atoms with E-state index in [9.17, 15) is 0 Å². The zero-order valence-corrected chi connectivity index (χ0v) is 13.9. The molecule has 3 rings (SSSR count). The first-order valence-corrected chi connectivity index (χ1v) is 9.14. The van der Waals surface area contributed by atoms with E-state index in [2.05, 4.69) is 46.0 Å². The van der Waals surface area contributed by atoms with Gasteiger partial charge in [0.2, 0.25) is 0 Å². The molecule has 1 aromatic carbocycles. The lowest BCUT2D eigenvalue weighted by Gasteiger charge is -2.22. The predicted molar refractivity (Wildman–Crippen MR) is 92.6 cm³/mol. The van der Waals surface area contributed by atoms with Crippen molar-refractivity contribution in [2.24, 2.45) is 4.99 Å². The average Bonchev–Trinajstić information content (AvgIpc) is 3.17. The Morgan fingerprint density at radius 1 is 1.32 bits per heavy atom. The van der Waals surface area contributed by atoms with Gasteiger partial charge < -0.3 is 15.4 Å². The molecule has 0 radical (unpaired) electrons. The lowest BCUT2D eigenvalue weighted by atomic mass is 9.96. The molecule has 3 atom stereocenters. The zero-order valence-electron chi connectivity index (χ0n) is 13.1. The van der Waals surface area contributed by atoms with Crippen molar-refractivity contribution in [1.29, 1.82) is 0 Å². The van der Waals surface area contributed by atoms with Crippen molar-refractivity contribution < 1.29 is 4.74 Å². The van der Waals surface area contributed by atoms with Crippen LogP contribution in [-0.4, -0.2) is 43.6 Å². The van der Waals surface area contributed by atoms with Crippen molar-refractivity contribution in [3.8, 4) is 0 Å². The Bertz CT molecular complexity index is 494. The summed E-state index contributed by atoms with van der Waals surface area (Å²) in [5, 5.41) is 6.92. The Morgan fingerprint density at radius 2 is 2.18 bits per heavy atom. The minimum absolute atomic E-state index is 0.386. The van der Waals surface area contributed by atoms with Crippen LogP contribution in [0.15, 0.2) is 40.2 Å². The van der Waals surface area contributed by atoms with E-state index >= 15 is 0 Å². The topological polar surface area (TPSA) is 45.7 Å². The maximum atomic E-state index is 5.87. The second kappa shape index (κ2) is 7.88. The first-order valence-electron chi connectivity index (χ1n) is 8.15. The number of ether oxygens (including phenoxy) is 1. The summed E-state index contributed by atoms with van der Waals surface area (Å²) in [6, 6.07) is 11.0. The predicted octanol–water partition coefficient (Wildman–Crippen LogP) is 2.65. The van der Waals surface area contributed by atoms with Crippen LogP contribution in [0.25, 0.3) is 0 Å². The van der Waals surface area contributed by atoms with Gasteiger partial charge in [0.05, 0.1) is 18.2 Å². The fourth-order valence-corrected chi connectivity index (χ4v) is 4.02. The average molecular weight is 319 g/mol. The van der Waals surface area contributed by atoms with Gasteiger partial charge in [0, 0.05) is 18.5 Å². The molecule has 3 unspecified atom stereocenters. The molecule has 4 nitrogen and oxygen atoms in total. The van der Waals surface area contributed by atoms with Gasteiger partial charge in [0.1, 0.15) is 0 Å². The molecule has 120 valence electrons. The van der Waals surface area contributed by atoms with E-state index in [1.807, 2.05) is 18.8 Å². The summed E-state index contributed by atoms with van der Waals surface area (Å²) >= 11 is 1.90. The van der Waals surface area contributed by atoms with Crippen molar-refractivity contribution >= 4 is 17.7 Å². The number of thioether (sulfide) groups is 1. The quantitative estimate of drug-likeness (QED) is 0.366. The van der Waals surface area contributed by atoms with Gasteiger partial charge in [-0.1, -0.05) is 18.2 Å². The first kappa shape index (κ1) is 15.7. The highest BCUT2D eigenvalue weighted by Gasteiger charge is 2.40. The highest BCUT2D eigenvalue weighted by molar-refractivity contribution is 7.99. The number of fused-ring (bicyclic) bond motifs is 2. The Hall–Kier alpha value is -1.20. The second-order valence-corrected chi connectivity index (χ2v) is 7.04. The molecule has 22 heavy (non-hydrogen) atoms. The van der Waals surface area contributed by atoms with Crippen molar-refractivity contribution in [3.63, 3.8) is 0 Å². The van der Waals surface area contributed by atoms with Crippen LogP contribution in [0, 0.1) is 0 Å². The normalized spacial score (nSPS) is 27.1. The van der Waals surface area contributed by atoms with Crippen molar-refractivity contribution in [2.45, 2.75) is 48.8 Å². The van der Waals surface area contributed by atoms with Crippen LogP contribution in [-0.2, 0) is 4.74 Å². The number of benzene rings is 1. The molecule has 2 bridgehead atoms. The van der Waals surface area contributed by atoms with Gasteiger partial charge in [-0.15, -0.1) is 11.8 Å². The standard InChI is InChI=1S/C17H25N3OS/c1-18-17(20-15-12-13-8-9-16(15)21-13)19-10-5-11-22-14-6-3-2-4-7-14/h2-4,6-7,13,15-16H,5,8-12H2,1H3,(H2,18,19,20). The van der Waals surface area contributed by atoms with E-state index in [0.29, 0.717) is 18.2 Å². The third kappa shape index (κ3) is 4.17. The van der Waals surface area contributed by atoms with E-state index in [4.69, 9.17) is 4.74 Å². The minimum atomic E-state index is 0.386. The van der Waals surface area contributed by atoms with E-state index in [-0.39, 0.29) is 0 Å². The SMILES string of the molecule is CN=C(NCCCSc1ccccc1)NC1CC2CCC1O2. The molecule has 0 aromatic heterocycles. The molecular formula is C17H25N3OS. The van der Waals surface area contributed by atoms with Crippen molar-refractivity contribution in [2.75, 3.05) is 19.3 Å². The molecule has 2 aliphatic rings. The summed E-state index contributed by atoms with van der Waals surface area (Å²) in [6.07, 6.45) is 5.52. The highest BCUT2D eigenvalue weighted by atomic mass is 32.2. The smallest absolute Gasteiger partial charge is 0.191 e. The molecule has 2 aliphatic heterocycles. The Balaban J connectivity index is 1.32. The van der Waals surface area contributed by atoms with Crippen LogP contribution in [0.3, 0.4) is 0 Å². The molecule has 0 amide bonds. The molecular weight excluding hydrogens is 294 g/mol.